The van der Waals surface area contributed by atoms with Crippen LogP contribution in [-0.2, 0) is 29.2 Å². The zero-order valence-electron chi connectivity index (χ0n) is 19.3. The molecule has 0 saturated heterocycles. The highest BCUT2D eigenvalue weighted by Gasteiger charge is 2.16. The minimum atomic E-state index is -0.593. The molecule has 2 aromatic carbocycles. The number of furan rings is 1. The Hall–Kier alpha value is -4.40. The number of nitrogens with one attached hydrogen (secondary N) is 2. The molecule has 0 atom stereocenters. The van der Waals surface area contributed by atoms with E-state index in [1.54, 1.807) is 42.5 Å². The third-order valence-electron chi connectivity index (χ3n) is 5.68. The van der Waals surface area contributed by atoms with Gasteiger partial charge in [0.15, 0.2) is 0 Å². The first kappa shape index (κ1) is 23.7. The van der Waals surface area contributed by atoms with Crippen LogP contribution in [0.25, 0.3) is 10.9 Å². The predicted octanol–water partition coefficient (Wildman–Crippen LogP) is 2.80. The monoisotopic (exact) mass is 474 g/mol. The minimum absolute atomic E-state index is 0.0517. The van der Waals surface area contributed by atoms with Crippen molar-refractivity contribution < 1.29 is 14.0 Å². The molecule has 2 heterocycles. The van der Waals surface area contributed by atoms with Gasteiger partial charge in [-0.15, -0.1) is 0 Å². The van der Waals surface area contributed by atoms with Gasteiger partial charge in [0.2, 0.25) is 11.8 Å². The molecule has 4 rings (SSSR count). The molecule has 0 bridgehead atoms. The Balaban J connectivity index is 1.51. The highest BCUT2D eigenvalue weighted by Crippen LogP contribution is 2.14. The normalized spacial score (nSPS) is 10.9. The maximum absolute atomic E-state index is 13.2. The number of amides is 2. The summed E-state index contributed by atoms with van der Waals surface area (Å²) in [4.78, 5) is 51.2. The van der Waals surface area contributed by atoms with E-state index in [1.807, 2.05) is 25.1 Å². The first-order valence-electron chi connectivity index (χ1n) is 11.3. The number of fused-ring (bicyclic) bond motifs is 1. The smallest absolute Gasteiger partial charge is 0.331 e. The highest BCUT2D eigenvalue weighted by atomic mass is 16.3. The summed E-state index contributed by atoms with van der Waals surface area (Å²) in [6.07, 6.45) is 1.94. The van der Waals surface area contributed by atoms with Crippen LogP contribution in [0.2, 0.25) is 0 Å². The number of nitrogens with zero attached hydrogens (tertiary/aromatic N) is 2. The molecule has 9 heteroatoms. The fraction of sp³-hybridized carbons (Fsp3) is 0.231. The molecule has 0 aliphatic carbocycles. The van der Waals surface area contributed by atoms with Crippen molar-refractivity contribution in [3.05, 3.63) is 99.1 Å². The third kappa shape index (κ3) is 5.57. The van der Waals surface area contributed by atoms with Gasteiger partial charge in [-0.2, -0.15) is 0 Å². The lowest BCUT2D eigenvalue weighted by Gasteiger charge is -2.14. The summed E-state index contributed by atoms with van der Waals surface area (Å²) in [7, 11) is 0. The SMILES string of the molecule is Cc1ccccc1NC(=O)Cn1c(=O)n(CCCC(=O)NCc2ccco2)c(=O)c2ccccc21. The van der Waals surface area contributed by atoms with Crippen molar-refractivity contribution in [1.82, 2.24) is 14.5 Å². The molecule has 0 spiro atoms. The van der Waals surface area contributed by atoms with Gasteiger partial charge in [-0.05, 0) is 49.2 Å². The third-order valence-corrected chi connectivity index (χ3v) is 5.68. The molecule has 2 N–H and O–H groups in total. The van der Waals surface area contributed by atoms with E-state index in [-0.39, 0.29) is 44.3 Å². The molecule has 4 aromatic rings. The Morgan fingerprint density at radius 1 is 0.914 bits per heavy atom. The van der Waals surface area contributed by atoms with E-state index in [2.05, 4.69) is 10.6 Å². The summed E-state index contributed by atoms with van der Waals surface area (Å²) in [5, 5.41) is 5.89. The second-order valence-electron chi connectivity index (χ2n) is 8.17. The fourth-order valence-electron chi connectivity index (χ4n) is 3.85. The molecule has 0 saturated carbocycles. The molecule has 0 aliphatic heterocycles. The summed E-state index contributed by atoms with van der Waals surface area (Å²) in [5.74, 6) is 0.0400. The maximum atomic E-state index is 13.2. The van der Waals surface area contributed by atoms with Crippen LogP contribution in [-0.4, -0.2) is 20.9 Å². The largest absolute Gasteiger partial charge is 0.467 e. The second-order valence-corrected chi connectivity index (χ2v) is 8.17. The fourth-order valence-corrected chi connectivity index (χ4v) is 3.85. The Kier molecular flexibility index (Phi) is 7.25. The number of aromatic nitrogens is 2. The molecule has 0 aliphatic rings. The Labute approximate surface area is 201 Å². The van der Waals surface area contributed by atoms with Crippen LogP contribution in [0.15, 0.2) is 80.9 Å². The molecule has 0 fully saturated rings. The number of hydrogen-bond donors (Lipinski definition) is 2. The number of rotatable bonds is 9. The Bertz CT molecular complexity index is 1470. The summed E-state index contributed by atoms with van der Waals surface area (Å²) in [6.45, 7) is 1.94. The predicted molar refractivity (Wildman–Crippen MR) is 132 cm³/mol. The number of hydrogen-bond acceptors (Lipinski definition) is 5. The molecule has 35 heavy (non-hydrogen) atoms. The number of aryl methyl sites for hydroxylation is 1. The van der Waals surface area contributed by atoms with Crippen LogP contribution in [0.5, 0.6) is 0 Å². The van der Waals surface area contributed by atoms with E-state index in [9.17, 15) is 19.2 Å². The van der Waals surface area contributed by atoms with Gasteiger partial charge in [-0.25, -0.2) is 4.79 Å². The van der Waals surface area contributed by atoms with Crippen molar-refractivity contribution in [2.24, 2.45) is 0 Å². The summed E-state index contributed by atoms with van der Waals surface area (Å²) < 4.78 is 7.56. The first-order valence-corrected chi connectivity index (χ1v) is 11.3. The molecule has 2 aromatic heterocycles. The van der Waals surface area contributed by atoms with Gasteiger partial charge in [0.1, 0.15) is 12.3 Å². The zero-order valence-corrected chi connectivity index (χ0v) is 19.3. The molecular formula is C26H26N4O5. The molecule has 0 unspecified atom stereocenters. The quantitative estimate of drug-likeness (QED) is 0.387. The number of anilines is 1. The van der Waals surface area contributed by atoms with Crippen molar-refractivity contribution in [1.29, 1.82) is 0 Å². The molecule has 180 valence electrons. The van der Waals surface area contributed by atoms with E-state index in [0.717, 1.165) is 10.1 Å². The molecule has 9 nitrogen and oxygen atoms in total. The van der Waals surface area contributed by atoms with Crippen LogP contribution in [0.1, 0.15) is 24.2 Å². The lowest BCUT2D eigenvalue weighted by atomic mass is 10.2. The average molecular weight is 475 g/mol. The number of para-hydroxylation sites is 2. The van der Waals surface area contributed by atoms with Gasteiger partial charge in [0, 0.05) is 18.7 Å². The van der Waals surface area contributed by atoms with Crippen LogP contribution in [0.3, 0.4) is 0 Å². The van der Waals surface area contributed by atoms with E-state index in [0.29, 0.717) is 22.4 Å². The van der Waals surface area contributed by atoms with Crippen molar-refractivity contribution in [2.75, 3.05) is 5.32 Å². The van der Waals surface area contributed by atoms with E-state index >= 15 is 0 Å². The van der Waals surface area contributed by atoms with Crippen molar-refractivity contribution in [3.63, 3.8) is 0 Å². The van der Waals surface area contributed by atoms with Gasteiger partial charge in [-0.3, -0.25) is 23.5 Å². The lowest BCUT2D eigenvalue weighted by Crippen LogP contribution is -2.42. The van der Waals surface area contributed by atoms with E-state index in [1.165, 1.54) is 10.8 Å². The van der Waals surface area contributed by atoms with Gasteiger partial charge in [0.05, 0.1) is 23.7 Å². The summed E-state index contributed by atoms with van der Waals surface area (Å²) in [6, 6.07) is 17.5. The minimum Gasteiger partial charge on any atom is -0.467 e. The van der Waals surface area contributed by atoms with Crippen molar-refractivity contribution in [3.8, 4) is 0 Å². The Morgan fingerprint density at radius 2 is 1.69 bits per heavy atom. The van der Waals surface area contributed by atoms with Crippen molar-refractivity contribution >= 4 is 28.4 Å². The van der Waals surface area contributed by atoms with Crippen LogP contribution in [0.4, 0.5) is 5.69 Å². The molecule has 0 radical (unpaired) electrons. The number of benzene rings is 2. The lowest BCUT2D eigenvalue weighted by molar-refractivity contribution is -0.121. The van der Waals surface area contributed by atoms with Crippen LogP contribution < -0.4 is 21.9 Å². The second kappa shape index (κ2) is 10.7. The summed E-state index contributed by atoms with van der Waals surface area (Å²) in [5.41, 5.74) is 0.897. The van der Waals surface area contributed by atoms with Gasteiger partial charge in [0.25, 0.3) is 5.56 Å². The molecule has 2 amide bonds. The van der Waals surface area contributed by atoms with Gasteiger partial charge >= 0.3 is 5.69 Å². The van der Waals surface area contributed by atoms with Gasteiger partial charge < -0.3 is 15.1 Å². The van der Waals surface area contributed by atoms with Crippen molar-refractivity contribution in [2.45, 2.75) is 39.4 Å². The molecular weight excluding hydrogens is 448 g/mol. The highest BCUT2D eigenvalue weighted by molar-refractivity contribution is 5.92. The zero-order chi connectivity index (χ0) is 24.8. The Morgan fingerprint density at radius 3 is 2.46 bits per heavy atom. The van der Waals surface area contributed by atoms with Crippen LogP contribution >= 0.6 is 0 Å². The van der Waals surface area contributed by atoms with E-state index in [4.69, 9.17) is 4.42 Å². The topological polar surface area (TPSA) is 115 Å². The first-order chi connectivity index (χ1) is 16.9. The van der Waals surface area contributed by atoms with Crippen LogP contribution in [0, 0.1) is 6.92 Å². The maximum Gasteiger partial charge on any atom is 0.331 e. The average Bonchev–Trinajstić information content (AvgIpc) is 3.38. The summed E-state index contributed by atoms with van der Waals surface area (Å²) >= 11 is 0. The number of carbonyl (C=O) groups excluding carboxylic acids is 2. The van der Waals surface area contributed by atoms with Gasteiger partial charge in [-0.1, -0.05) is 30.3 Å². The van der Waals surface area contributed by atoms with E-state index < -0.39 is 11.2 Å². The standard InChI is InChI=1S/C26H26N4O5/c1-18-8-2-4-11-21(18)28-24(32)17-30-22-12-5-3-10-20(22)25(33)29(26(30)34)14-6-13-23(31)27-16-19-9-7-15-35-19/h2-5,7-12,15H,6,13-14,16-17H2,1H3,(H,27,31)(H,28,32). The number of carbonyl (C=O) groups is 2.